The second-order valence-electron chi connectivity index (χ2n) is 5.54. The molecule has 0 bridgehead atoms. The molecule has 2 aromatic rings. The Morgan fingerprint density at radius 1 is 1.12 bits per heavy atom. The first-order valence-corrected chi connectivity index (χ1v) is 9.54. The van der Waals surface area contributed by atoms with Gasteiger partial charge in [0.05, 0.1) is 0 Å². The van der Waals surface area contributed by atoms with E-state index in [4.69, 9.17) is 16.3 Å². The molecular weight excluding hydrogens is 346 g/mol. The first-order valence-electron chi connectivity index (χ1n) is 7.66. The molecule has 0 aliphatic carbocycles. The predicted octanol–water partition coefficient (Wildman–Crippen LogP) is 3.62. The van der Waals surface area contributed by atoms with E-state index >= 15 is 0 Å². The van der Waals surface area contributed by atoms with E-state index in [0.29, 0.717) is 30.3 Å². The van der Waals surface area contributed by atoms with Gasteiger partial charge in [-0.25, -0.2) is 8.42 Å². The molecule has 0 spiro atoms. The van der Waals surface area contributed by atoms with Crippen LogP contribution in [0.5, 0.6) is 5.75 Å². The number of sulfonamides is 1. The minimum absolute atomic E-state index is 0.208. The fraction of sp³-hybridized carbons (Fsp3) is 0.222. The number of nitrogens with zero attached hydrogens (tertiary/aromatic N) is 1. The van der Waals surface area contributed by atoms with Crippen molar-refractivity contribution in [2.75, 3.05) is 13.2 Å². The molecule has 0 unspecified atom stereocenters. The number of hydrogen-bond acceptors (Lipinski definition) is 3. The van der Waals surface area contributed by atoms with E-state index in [1.165, 1.54) is 15.8 Å². The minimum atomic E-state index is -3.46. The van der Waals surface area contributed by atoms with Crippen LogP contribution in [0.2, 0.25) is 5.02 Å². The number of fused-ring (bicyclic) bond motifs is 1. The van der Waals surface area contributed by atoms with Gasteiger partial charge in [0.25, 0.3) is 0 Å². The summed E-state index contributed by atoms with van der Waals surface area (Å²) >= 11 is 6.00. The standard InChI is InChI=1S/C18H18ClNO3S/c19-17-8-7-15-9-10-20(14-16(15)13-17)24(21,22)12-4-11-23-18-5-2-1-3-6-18/h1-8,12-13H,9-11,14H2/b12-4-. The SMILES string of the molecule is O=S(=O)(/C=C\COc1ccccc1)N1CCc2ccc(Cl)cc2C1. The average molecular weight is 364 g/mol. The molecule has 0 radical (unpaired) electrons. The van der Waals surface area contributed by atoms with Crippen LogP contribution in [0.15, 0.2) is 60.0 Å². The maximum atomic E-state index is 12.4. The largest absolute Gasteiger partial charge is 0.490 e. The fourth-order valence-corrected chi connectivity index (χ4v) is 3.98. The molecule has 0 N–H and O–H groups in total. The van der Waals surface area contributed by atoms with Crippen LogP contribution in [0, 0.1) is 0 Å². The van der Waals surface area contributed by atoms with E-state index in [-0.39, 0.29) is 6.61 Å². The summed E-state index contributed by atoms with van der Waals surface area (Å²) in [5.74, 6) is 0.709. The van der Waals surface area contributed by atoms with Gasteiger partial charge < -0.3 is 4.74 Å². The highest BCUT2D eigenvalue weighted by Crippen LogP contribution is 2.24. The number of ether oxygens (including phenoxy) is 1. The molecule has 6 heteroatoms. The Balaban J connectivity index is 1.62. The van der Waals surface area contributed by atoms with Crippen LogP contribution in [0.4, 0.5) is 0 Å². The molecule has 0 fully saturated rings. The molecule has 126 valence electrons. The molecule has 0 aromatic heterocycles. The number of benzene rings is 2. The van der Waals surface area contributed by atoms with Crippen LogP contribution in [-0.2, 0) is 23.0 Å². The second kappa shape index (κ2) is 7.38. The second-order valence-corrected chi connectivity index (χ2v) is 7.79. The van der Waals surface area contributed by atoms with Gasteiger partial charge >= 0.3 is 0 Å². The predicted molar refractivity (Wildman–Crippen MR) is 95.6 cm³/mol. The van der Waals surface area contributed by atoms with E-state index in [9.17, 15) is 8.42 Å². The van der Waals surface area contributed by atoms with Gasteiger partial charge in [-0.05, 0) is 47.9 Å². The van der Waals surface area contributed by atoms with Crippen molar-refractivity contribution in [1.29, 1.82) is 0 Å². The van der Waals surface area contributed by atoms with Crippen molar-refractivity contribution in [2.24, 2.45) is 0 Å². The summed E-state index contributed by atoms with van der Waals surface area (Å²) in [5.41, 5.74) is 2.12. The summed E-state index contributed by atoms with van der Waals surface area (Å²) in [4.78, 5) is 0. The molecule has 1 aliphatic heterocycles. The van der Waals surface area contributed by atoms with Crippen molar-refractivity contribution < 1.29 is 13.2 Å². The van der Waals surface area contributed by atoms with Crippen LogP contribution < -0.4 is 4.74 Å². The zero-order valence-corrected chi connectivity index (χ0v) is 14.6. The van der Waals surface area contributed by atoms with Crippen LogP contribution in [0.1, 0.15) is 11.1 Å². The van der Waals surface area contributed by atoms with Crippen molar-refractivity contribution in [3.05, 3.63) is 76.2 Å². The maximum Gasteiger partial charge on any atom is 0.236 e. The lowest BCUT2D eigenvalue weighted by molar-refractivity contribution is 0.362. The van der Waals surface area contributed by atoms with Crippen molar-refractivity contribution in [2.45, 2.75) is 13.0 Å². The highest BCUT2D eigenvalue weighted by Gasteiger charge is 2.24. The number of para-hydroxylation sites is 1. The van der Waals surface area contributed by atoms with E-state index in [1.807, 2.05) is 48.5 Å². The first kappa shape index (κ1) is 17.0. The monoisotopic (exact) mass is 363 g/mol. The third-order valence-electron chi connectivity index (χ3n) is 3.86. The molecule has 0 saturated carbocycles. The van der Waals surface area contributed by atoms with Crippen LogP contribution in [0.25, 0.3) is 0 Å². The Morgan fingerprint density at radius 2 is 1.92 bits per heavy atom. The van der Waals surface area contributed by atoms with Crippen molar-refractivity contribution in [3.63, 3.8) is 0 Å². The first-order chi connectivity index (χ1) is 11.5. The van der Waals surface area contributed by atoms with Gasteiger partial charge in [0.15, 0.2) is 0 Å². The fourth-order valence-electron chi connectivity index (χ4n) is 2.62. The molecule has 2 aromatic carbocycles. The lowest BCUT2D eigenvalue weighted by Gasteiger charge is -2.27. The minimum Gasteiger partial charge on any atom is -0.490 e. The maximum absolute atomic E-state index is 12.4. The van der Waals surface area contributed by atoms with E-state index in [2.05, 4.69) is 0 Å². The zero-order chi connectivity index (χ0) is 17.0. The Hall–Kier alpha value is -1.82. The third-order valence-corrected chi connectivity index (χ3v) is 5.67. The Kier molecular flexibility index (Phi) is 5.23. The highest BCUT2D eigenvalue weighted by molar-refractivity contribution is 7.92. The van der Waals surface area contributed by atoms with Gasteiger partial charge in [-0.2, -0.15) is 4.31 Å². The molecule has 0 atom stereocenters. The molecule has 0 amide bonds. The summed E-state index contributed by atoms with van der Waals surface area (Å²) in [6.07, 6.45) is 2.22. The lowest BCUT2D eigenvalue weighted by atomic mass is 10.0. The van der Waals surface area contributed by atoms with Crippen molar-refractivity contribution >= 4 is 21.6 Å². The van der Waals surface area contributed by atoms with Crippen LogP contribution in [0.3, 0.4) is 0 Å². The van der Waals surface area contributed by atoms with E-state index < -0.39 is 10.0 Å². The van der Waals surface area contributed by atoms with Crippen molar-refractivity contribution in [3.8, 4) is 5.75 Å². The highest BCUT2D eigenvalue weighted by atomic mass is 35.5. The molecule has 24 heavy (non-hydrogen) atoms. The summed E-state index contributed by atoms with van der Waals surface area (Å²) in [6.45, 7) is 1.03. The van der Waals surface area contributed by atoms with Crippen LogP contribution >= 0.6 is 11.6 Å². The number of rotatable bonds is 5. The Morgan fingerprint density at radius 3 is 2.71 bits per heavy atom. The summed E-state index contributed by atoms with van der Waals surface area (Å²) in [5, 5.41) is 1.84. The van der Waals surface area contributed by atoms with E-state index in [0.717, 1.165) is 11.1 Å². The quantitative estimate of drug-likeness (QED) is 0.815. The average Bonchev–Trinajstić information content (AvgIpc) is 2.59. The number of halogens is 1. The van der Waals surface area contributed by atoms with E-state index in [1.54, 1.807) is 0 Å². The summed E-state index contributed by atoms with van der Waals surface area (Å²) in [6, 6.07) is 14.9. The van der Waals surface area contributed by atoms with Gasteiger partial charge in [-0.15, -0.1) is 0 Å². The Bertz CT molecular complexity index is 835. The summed E-state index contributed by atoms with van der Waals surface area (Å²) < 4.78 is 31.8. The zero-order valence-electron chi connectivity index (χ0n) is 13.1. The van der Waals surface area contributed by atoms with Crippen molar-refractivity contribution in [1.82, 2.24) is 4.31 Å². The molecular formula is C18H18ClNO3S. The molecule has 1 heterocycles. The van der Waals surface area contributed by atoms with Gasteiger partial charge in [0.1, 0.15) is 12.4 Å². The molecule has 1 aliphatic rings. The number of hydrogen-bond donors (Lipinski definition) is 0. The smallest absolute Gasteiger partial charge is 0.236 e. The topological polar surface area (TPSA) is 46.6 Å². The van der Waals surface area contributed by atoms with Crippen LogP contribution in [-0.4, -0.2) is 25.9 Å². The summed E-state index contributed by atoms with van der Waals surface area (Å²) in [7, 11) is -3.46. The Labute approximate surface area is 147 Å². The van der Waals surface area contributed by atoms with Gasteiger partial charge in [-0.1, -0.05) is 35.9 Å². The van der Waals surface area contributed by atoms with Gasteiger partial charge in [-0.3, -0.25) is 0 Å². The lowest BCUT2D eigenvalue weighted by Crippen LogP contribution is -2.34. The normalized spacial score (nSPS) is 15.4. The van der Waals surface area contributed by atoms with Gasteiger partial charge in [0, 0.05) is 23.5 Å². The molecule has 0 saturated heterocycles. The molecule has 4 nitrogen and oxygen atoms in total. The molecule has 3 rings (SSSR count). The van der Waals surface area contributed by atoms with Gasteiger partial charge in [0.2, 0.25) is 10.0 Å². The third kappa shape index (κ3) is 4.17.